The second-order valence-corrected chi connectivity index (χ2v) is 4.38. The van der Waals surface area contributed by atoms with Crippen molar-refractivity contribution in [2.24, 2.45) is 0 Å². The fourth-order valence-corrected chi connectivity index (χ4v) is 2.16. The van der Waals surface area contributed by atoms with E-state index in [4.69, 9.17) is 15.6 Å². The Balaban J connectivity index is 2.00. The molecular formula is C10H14N5O4+. The number of ether oxygens (including phenoxy) is 1. The number of nitrogens with one attached hydrogen (secondary N) is 2. The van der Waals surface area contributed by atoms with E-state index in [1.165, 1.54) is 0 Å². The van der Waals surface area contributed by atoms with Gasteiger partial charge in [0.25, 0.3) is 0 Å². The molecule has 0 amide bonds. The molecule has 9 heteroatoms. The molecule has 1 fully saturated rings. The van der Waals surface area contributed by atoms with Crippen LogP contribution >= 0.6 is 0 Å². The third kappa shape index (κ3) is 1.83. The van der Waals surface area contributed by atoms with Crippen LogP contribution in [0.3, 0.4) is 0 Å². The summed E-state index contributed by atoms with van der Waals surface area (Å²) >= 11 is 0. The average Bonchev–Trinajstić information content (AvgIpc) is 2.96. The standard InChI is InChI=1S/C10H13N5O4/c11-8-4-9(13-2-12-4)15-10(14-8)7-6(18)5(17)3(1-16)19-7/h2-3,5-7,16-18H,1H2,(H3,11,12,13,14,15)/p+1/t3-,5+,6+,7+/m0/s1. The van der Waals surface area contributed by atoms with Crippen LogP contribution in [0.4, 0.5) is 5.82 Å². The van der Waals surface area contributed by atoms with Gasteiger partial charge in [-0.2, -0.15) is 4.98 Å². The van der Waals surface area contributed by atoms with E-state index in [0.717, 1.165) is 0 Å². The van der Waals surface area contributed by atoms with E-state index < -0.39 is 31.0 Å². The molecule has 1 aliphatic heterocycles. The number of anilines is 1. The molecule has 0 unspecified atom stereocenters. The molecule has 1 aliphatic rings. The van der Waals surface area contributed by atoms with Gasteiger partial charge in [-0.05, 0) is 0 Å². The van der Waals surface area contributed by atoms with Gasteiger partial charge in [-0.25, -0.2) is 4.98 Å². The maximum atomic E-state index is 9.90. The van der Waals surface area contributed by atoms with E-state index in [1.807, 2.05) is 0 Å². The number of aromatic amines is 2. The molecule has 9 nitrogen and oxygen atoms in total. The lowest BCUT2D eigenvalue weighted by Crippen LogP contribution is -2.32. The summed E-state index contributed by atoms with van der Waals surface area (Å²) in [5.41, 5.74) is 6.79. The predicted molar refractivity (Wildman–Crippen MR) is 61.6 cm³/mol. The Morgan fingerprint density at radius 3 is 2.84 bits per heavy atom. The van der Waals surface area contributed by atoms with Gasteiger partial charge in [0.05, 0.1) is 6.61 Å². The van der Waals surface area contributed by atoms with Gasteiger partial charge in [-0.15, -0.1) is 0 Å². The summed E-state index contributed by atoms with van der Waals surface area (Å²) < 4.78 is 5.35. The minimum Gasteiger partial charge on any atom is -0.394 e. The molecule has 2 aromatic rings. The minimum atomic E-state index is -1.21. The first kappa shape index (κ1) is 12.2. The van der Waals surface area contributed by atoms with E-state index in [2.05, 4.69) is 19.9 Å². The zero-order valence-corrected chi connectivity index (χ0v) is 9.82. The number of aromatic nitrogens is 4. The number of imidazole rings is 1. The fourth-order valence-electron chi connectivity index (χ4n) is 2.16. The first-order valence-corrected chi connectivity index (χ1v) is 5.76. The summed E-state index contributed by atoms with van der Waals surface area (Å²) in [6.07, 6.45) is -2.65. The molecule has 19 heavy (non-hydrogen) atoms. The normalized spacial score (nSPS) is 31.1. The lowest BCUT2D eigenvalue weighted by atomic mass is 10.1. The number of H-pyrrole nitrogens is 2. The van der Waals surface area contributed by atoms with Crippen molar-refractivity contribution in [3.05, 3.63) is 12.2 Å². The van der Waals surface area contributed by atoms with Crippen molar-refractivity contribution in [2.75, 3.05) is 12.3 Å². The van der Waals surface area contributed by atoms with Crippen molar-refractivity contribution in [3.8, 4) is 0 Å². The number of hydrogen-bond acceptors (Lipinski definition) is 7. The van der Waals surface area contributed by atoms with Crippen LogP contribution in [0.2, 0.25) is 0 Å². The summed E-state index contributed by atoms with van der Waals surface area (Å²) in [5, 5.41) is 28.6. The molecule has 0 saturated carbocycles. The highest BCUT2D eigenvalue weighted by atomic mass is 16.6. The second kappa shape index (κ2) is 4.38. The first-order chi connectivity index (χ1) is 9.11. The van der Waals surface area contributed by atoms with E-state index in [0.29, 0.717) is 11.2 Å². The SMILES string of the molecule is Nc1nc([C@@H]2O[C@@H](CO)[C@@H](O)[C@H]2O)nc2[nH+]c[nH]c12. The van der Waals surface area contributed by atoms with Crippen LogP contribution in [0.5, 0.6) is 0 Å². The van der Waals surface area contributed by atoms with Gasteiger partial charge in [0.15, 0.2) is 18.2 Å². The van der Waals surface area contributed by atoms with Gasteiger partial charge in [0.1, 0.15) is 18.3 Å². The number of rotatable bonds is 2. The van der Waals surface area contributed by atoms with Crippen LogP contribution in [-0.4, -0.2) is 55.2 Å². The van der Waals surface area contributed by atoms with Gasteiger partial charge >= 0.3 is 5.65 Å². The van der Waals surface area contributed by atoms with Gasteiger partial charge < -0.3 is 25.8 Å². The number of nitrogens with zero attached hydrogens (tertiary/aromatic N) is 2. The molecule has 0 bridgehead atoms. The fraction of sp³-hybridized carbons (Fsp3) is 0.500. The number of nitrogens with two attached hydrogens (primary N) is 1. The third-order valence-corrected chi connectivity index (χ3v) is 3.18. The first-order valence-electron chi connectivity index (χ1n) is 5.76. The van der Waals surface area contributed by atoms with E-state index >= 15 is 0 Å². The number of aliphatic hydroxyl groups excluding tert-OH is 3. The lowest BCUT2D eigenvalue weighted by Gasteiger charge is -2.11. The van der Waals surface area contributed by atoms with Crippen molar-refractivity contribution >= 4 is 17.0 Å². The summed E-state index contributed by atoms with van der Waals surface area (Å²) in [4.78, 5) is 13.9. The predicted octanol–water partition coefficient (Wildman–Crippen LogP) is -2.49. The highest BCUT2D eigenvalue weighted by molar-refractivity contribution is 5.78. The lowest BCUT2D eigenvalue weighted by molar-refractivity contribution is -0.347. The largest absolute Gasteiger partial charge is 0.394 e. The molecule has 0 spiro atoms. The van der Waals surface area contributed by atoms with Gasteiger partial charge in [-0.3, -0.25) is 4.98 Å². The van der Waals surface area contributed by atoms with Crippen LogP contribution in [-0.2, 0) is 4.74 Å². The van der Waals surface area contributed by atoms with E-state index in [-0.39, 0.29) is 11.6 Å². The van der Waals surface area contributed by atoms with Gasteiger partial charge in [0, 0.05) is 0 Å². The number of hydrogen-bond donors (Lipinski definition) is 5. The summed E-state index contributed by atoms with van der Waals surface area (Å²) in [7, 11) is 0. The molecule has 0 aromatic carbocycles. The van der Waals surface area contributed by atoms with Crippen molar-refractivity contribution in [1.29, 1.82) is 0 Å². The Bertz CT molecular complexity index is 603. The highest BCUT2D eigenvalue weighted by Crippen LogP contribution is 2.32. The Hall–Kier alpha value is -1.81. The Kier molecular flexibility index (Phi) is 2.82. The Morgan fingerprint density at radius 1 is 1.37 bits per heavy atom. The maximum absolute atomic E-state index is 9.90. The van der Waals surface area contributed by atoms with Crippen LogP contribution in [0.1, 0.15) is 11.9 Å². The van der Waals surface area contributed by atoms with Crippen molar-refractivity contribution < 1.29 is 25.0 Å². The molecule has 102 valence electrons. The molecule has 1 saturated heterocycles. The monoisotopic (exact) mass is 268 g/mol. The van der Waals surface area contributed by atoms with E-state index in [1.54, 1.807) is 6.33 Å². The van der Waals surface area contributed by atoms with Gasteiger partial charge in [-0.1, -0.05) is 4.98 Å². The minimum absolute atomic E-state index is 0.156. The molecule has 0 radical (unpaired) electrons. The molecule has 3 heterocycles. The number of nitrogen functional groups attached to an aromatic ring is 1. The van der Waals surface area contributed by atoms with E-state index in [9.17, 15) is 10.2 Å². The Labute approximate surface area is 107 Å². The van der Waals surface area contributed by atoms with Gasteiger partial charge in [0.2, 0.25) is 11.3 Å². The smallest absolute Gasteiger partial charge is 0.305 e. The highest BCUT2D eigenvalue weighted by Gasteiger charge is 2.46. The van der Waals surface area contributed by atoms with Crippen LogP contribution in [0.25, 0.3) is 11.2 Å². The molecule has 4 atom stereocenters. The summed E-state index contributed by atoms with van der Waals surface area (Å²) in [6, 6.07) is 0. The average molecular weight is 268 g/mol. The van der Waals surface area contributed by atoms with Crippen molar-refractivity contribution in [1.82, 2.24) is 15.0 Å². The number of fused-ring (bicyclic) bond motifs is 1. The topological polar surface area (TPSA) is 152 Å². The Morgan fingerprint density at radius 2 is 2.16 bits per heavy atom. The molecular weight excluding hydrogens is 254 g/mol. The molecule has 2 aromatic heterocycles. The van der Waals surface area contributed by atoms with Crippen molar-refractivity contribution in [3.63, 3.8) is 0 Å². The summed E-state index contributed by atoms with van der Waals surface area (Å²) in [6.45, 7) is -0.400. The molecule has 3 rings (SSSR count). The van der Waals surface area contributed by atoms with Crippen molar-refractivity contribution in [2.45, 2.75) is 24.4 Å². The zero-order chi connectivity index (χ0) is 13.6. The quantitative estimate of drug-likeness (QED) is 0.404. The summed E-state index contributed by atoms with van der Waals surface area (Å²) in [5.74, 6) is 0.363. The molecule has 7 N–H and O–H groups in total. The van der Waals surface area contributed by atoms with Crippen LogP contribution in [0.15, 0.2) is 6.33 Å². The van der Waals surface area contributed by atoms with Crippen LogP contribution < -0.4 is 10.7 Å². The zero-order valence-electron chi connectivity index (χ0n) is 9.82. The third-order valence-electron chi connectivity index (χ3n) is 3.18. The van der Waals surface area contributed by atoms with Crippen LogP contribution in [0, 0.1) is 0 Å². The second-order valence-electron chi connectivity index (χ2n) is 4.38. The molecule has 0 aliphatic carbocycles. The maximum Gasteiger partial charge on any atom is 0.305 e. The number of aliphatic hydroxyl groups is 3.